The zero-order valence-corrected chi connectivity index (χ0v) is 16.1. The highest BCUT2D eigenvalue weighted by Gasteiger charge is 2.10. The van der Waals surface area contributed by atoms with E-state index >= 15 is 0 Å². The van der Waals surface area contributed by atoms with Crippen LogP contribution in [0.5, 0.6) is 5.75 Å². The fourth-order valence-electron chi connectivity index (χ4n) is 2.84. The van der Waals surface area contributed by atoms with Gasteiger partial charge in [0, 0.05) is 16.5 Å². The highest BCUT2D eigenvalue weighted by atomic mass is 32.1. The molecule has 4 rings (SSSR count). The van der Waals surface area contributed by atoms with Crippen molar-refractivity contribution in [2.45, 2.75) is 0 Å². The Hall–Kier alpha value is -3.44. The van der Waals surface area contributed by atoms with Crippen molar-refractivity contribution in [1.82, 2.24) is 4.98 Å². The van der Waals surface area contributed by atoms with Crippen LogP contribution in [0.3, 0.4) is 0 Å². The summed E-state index contributed by atoms with van der Waals surface area (Å²) in [6.45, 7) is 0. The topological polar surface area (TPSA) is 51.2 Å². The molecule has 0 aliphatic rings. The standard InChI is InChI=1S/C23H18N2O2S/c1-27-20-13-11-19(12-14-20)22(26)25-23-24-21(15-28-23)18-9-7-17(8-10-18)16-5-3-2-4-6-16/h2-15H,1H3,(H,24,25,26). The molecule has 5 heteroatoms. The van der Waals surface area contributed by atoms with Gasteiger partial charge < -0.3 is 4.74 Å². The van der Waals surface area contributed by atoms with Crippen LogP contribution in [0, 0.1) is 0 Å². The first-order valence-corrected chi connectivity index (χ1v) is 9.68. The maximum Gasteiger partial charge on any atom is 0.257 e. The van der Waals surface area contributed by atoms with Crippen molar-refractivity contribution in [2.75, 3.05) is 12.4 Å². The van der Waals surface area contributed by atoms with Crippen molar-refractivity contribution in [3.05, 3.63) is 89.8 Å². The molecule has 0 atom stereocenters. The van der Waals surface area contributed by atoms with Gasteiger partial charge in [-0.3, -0.25) is 10.1 Å². The molecule has 4 nitrogen and oxygen atoms in total. The van der Waals surface area contributed by atoms with Crippen molar-refractivity contribution < 1.29 is 9.53 Å². The number of aromatic nitrogens is 1. The van der Waals surface area contributed by atoms with E-state index < -0.39 is 0 Å². The number of hydrogen-bond acceptors (Lipinski definition) is 4. The quantitative estimate of drug-likeness (QED) is 0.476. The van der Waals surface area contributed by atoms with Crippen molar-refractivity contribution in [3.63, 3.8) is 0 Å². The lowest BCUT2D eigenvalue weighted by Crippen LogP contribution is -2.11. The second-order valence-corrected chi connectivity index (χ2v) is 7.02. The predicted molar refractivity (Wildman–Crippen MR) is 114 cm³/mol. The fraction of sp³-hybridized carbons (Fsp3) is 0.0435. The number of thiazole rings is 1. The molecule has 0 saturated heterocycles. The molecule has 0 radical (unpaired) electrons. The molecule has 1 amide bonds. The molecule has 0 aliphatic heterocycles. The Kier molecular flexibility index (Phi) is 5.17. The van der Waals surface area contributed by atoms with Crippen LogP contribution in [0.25, 0.3) is 22.4 Å². The summed E-state index contributed by atoms with van der Waals surface area (Å²) in [5.41, 5.74) is 4.76. The number of anilines is 1. The molecule has 0 fully saturated rings. The lowest BCUT2D eigenvalue weighted by atomic mass is 10.0. The lowest BCUT2D eigenvalue weighted by Gasteiger charge is -2.04. The average Bonchev–Trinajstić information content (AvgIpc) is 3.23. The third-order valence-electron chi connectivity index (χ3n) is 4.36. The number of carbonyl (C=O) groups excluding carboxylic acids is 1. The fourth-order valence-corrected chi connectivity index (χ4v) is 3.55. The SMILES string of the molecule is COc1ccc(C(=O)Nc2nc(-c3ccc(-c4ccccc4)cc3)cs2)cc1. The summed E-state index contributed by atoms with van der Waals surface area (Å²) in [4.78, 5) is 16.9. The highest BCUT2D eigenvalue weighted by molar-refractivity contribution is 7.14. The van der Waals surface area contributed by atoms with Crippen LogP contribution in [0.4, 0.5) is 5.13 Å². The molecule has 28 heavy (non-hydrogen) atoms. The van der Waals surface area contributed by atoms with Crippen molar-refractivity contribution in [3.8, 4) is 28.1 Å². The summed E-state index contributed by atoms with van der Waals surface area (Å²) in [7, 11) is 1.60. The van der Waals surface area contributed by atoms with Gasteiger partial charge in [-0.2, -0.15) is 0 Å². The number of rotatable bonds is 5. The van der Waals surface area contributed by atoms with Gasteiger partial charge in [-0.25, -0.2) is 4.98 Å². The Balaban J connectivity index is 1.47. The Morgan fingerprint density at radius 3 is 2.18 bits per heavy atom. The third kappa shape index (κ3) is 3.94. The molecular formula is C23H18N2O2S. The monoisotopic (exact) mass is 386 g/mol. The molecule has 1 heterocycles. The van der Waals surface area contributed by atoms with E-state index in [1.54, 1.807) is 31.4 Å². The number of methoxy groups -OCH3 is 1. The molecular weight excluding hydrogens is 368 g/mol. The molecule has 0 unspecified atom stereocenters. The smallest absolute Gasteiger partial charge is 0.257 e. The summed E-state index contributed by atoms with van der Waals surface area (Å²) in [5, 5.41) is 5.37. The summed E-state index contributed by atoms with van der Waals surface area (Å²) < 4.78 is 5.11. The summed E-state index contributed by atoms with van der Waals surface area (Å²) >= 11 is 1.41. The summed E-state index contributed by atoms with van der Waals surface area (Å²) in [6.07, 6.45) is 0. The Morgan fingerprint density at radius 2 is 1.50 bits per heavy atom. The number of hydrogen-bond donors (Lipinski definition) is 1. The number of nitrogens with one attached hydrogen (secondary N) is 1. The van der Waals surface area contributed by atoms with Gasteiger partial charge in [-0.1, -0.05) is 54.6 Å². The first kappa shape index (κ1) is 17.9. The van der Waals surface area contributed by atoms with E-state index in [4.69, 9.17) is 4.74 Å². The van der Waals surface area contributed by atoms with E-state index in [0.29, 0.717) is 16.4 Å². The van der Waals surface area contributed by atoms with Gasteiger partial charge in [-0.05, 0) is 35.4 Å². The number of benzene rings is 3. The molecule has 0 bridgehead atoms. The minimum Gasteiger partial charge on any atom is -0.497 e. The molecule has 138 valence electrons. The van der Waals surface area contributed by atoms with Crippen molar-refractivity contribution in [2.24, 2.45) is 0 Å². The normalized spacial score (nSPS) is 10.5. The largest absolute Gasteiger partial charge is 0.497 e. The van der Waals surface area contributed by atoms with Crippen molar-refractivity contribution in [1.29, 1.82) is 0 Å². The molecule has 1 aromatic heterocycles. The van der Waals surface area contributed by atoms with Gasteiger partial charge in [-0.15, -0.1) is 11.3 Å². The van der Waals surface area contributed by atoms with Crippen LogP contribution in [-0.2, 0) is 0 Å². The minimum absolute atomic E-state index is 0.192. The van der Waals surface area contributed by atoms with E-state index in [0.717, 1.165) is 16.8 Å². The Bertz CT molecular complexity index is 1070. The third-order valence-corrected chi connectivity index (χ3v) is 5.12. The Morgan fingerprint density at radius 1 is 0.857 bits per heavy atom. The maximum absolute atomic E-state index is 12.4. The summed E-state index contributed by atoms with van der Waals surface area (Å²) in [5.74, 6) is 0.523. The predicted octanol–water partition coefficient (Wildman–Crippen LogP) is 5.74. The average molecular weight is 386 g/mol. The van der Waals surface area contributed by atoms with Crippen LogP contribution < -0.4 is 10.1 Å². The Labute approximate surface area is 167 Å². The second-order valence-electron chi connectivity index (χ2n) is 6.16. The van der Waals surface area contributed by atoms with Crippen LogP contribution in [0.15, 0.2) is 84.2 Å². The highest BCUT2D eigenvalue weighted by Crippen LogP contribution is 2.28. The van der Waals surface area contributed by atoms with E-state index in [9.17, 15) is 4.79 Å². The van der Waals surface area contributed by atoms with Gasteiger partial charge in [0.15, 0.2) is 5.13 Å². The van der Waals surface area contributed by atoms with Gasteiger partial charge >= 0.3 is 0 Å². The number of carbonyl (C=O) groups is 1. The first-order chi connectivity index (χ1) is 13.7. The molecule has 1 N–H and O–H groups in total. The molecule has 0 spiro atoms. The number of amides is 1. The van der Waals surface area contributed by atoms with E-state index in [1.165, 1.54) is 16.9 Å². The van der Waals surface area contributed by atoms with Crippen LogP contribution >= 0.6 is 11.3 Å². The van der Waals surface area contributed by atoms with Gasteiger partial charge in [0.05, 0.1) is 12.8 Å². The van der Waals surface area contributed by atoms with Crippen molar-refractivity contribution >= 4 is 22.4 Å². The second kappa shape index (κ2) is 8.06. The van der Waals surface area contributed by atoms with Gasteiger partial charge in [0.2, 0.25) is 0 Å². The minimum atomic E-state index is -0.192. The van der Waals surface area contributed by atoms with Crippen LogP contribution in [0.1, 0.15) is 10.4 Å². The lowest BCUT2D eigenvalue weighted by molar-refractivity contribution is 0.102. The van der Waals surface area contributed by atoms with Gasteiger partial charge in [0.1, 0.15) is 5.75 Å². The number of nitrogens with zero attached hydrogens (tertiary/aromatic N) is 1. The van der Waals surface area contributed by atoms with Crippen LogP contribution in [0.2, 0.25) is 0 Å². The molecule has 0 saturated carbocycles. The van der Waals surface area contributed by atoms with E-state index in [1.807, 2.05) is 35.7 Å². The van der Waals surface area contributed by atoms with Gasteiger partial charge in [0.25, 0.3) is 5.91 Å². The summed E-state index contributed by atoms with van der Waals surface area (Å²) in [6, 6.07) is 25.5. The van der Waals surface area contributed by atoms with E-state index in [-0.39, 0.29) is 5.91 Å². The molecule has 0 aliphatic carbocycles. The van der Waals surface area contributed by atoms with Crippen LogP contribution in [-0.4, -0.2) is 18.0 Å². The zero-order valence-electron chi connectivity index (χ0n) is 15.3. The maximum atomic E-state index is 12.4. The number of ether oxygens (including phenoxy) is 1. The van der Waals surface area contributed by atoms with E-state index in [2.05, 4.69) is 34.6 Å². The molecule has 4 aromatic rings. The molecule has 3 aromatic carbocycles. The zero-order chi connectivity index (χ0) is 19.3. The first-order valence-electron chi connectivity index (χ1n) is 8.80.